The summed E-state index contributed by atoms with van der Waals surface area (Å²) in [6.45, 7) is 4.42. The fourth-order valence-electron chi connectivity index (χ4n) is 8.88. The highest BCUT2D eigenvalue weighted by Gasteiger charge is 2.50. The molecule has 1 saturated heterocycles. The largest absolute Gasteiger partial charge is 0.489 e. The molecule has 6 nitrogen and oxygen atoms in total. The van der Waals surface area contributed by atoms with Gasteiger partial charge in [-0.1, -0.05) is 177 Å². The van der Waals surface area contributed by atoms with Crippen molar-refractivity contribution in [3.63, 3.8) is 0 Å². The van der Waals surface area contributed by atoms with E-state index in [1.807, 2.05) is 78.9 Å². The van der Waals surface area contributed by atoms with Gasteiger partial charge < -0.3 is 28.4 Å². The van der Waals surface area contributed by atoms with Gasteiger partial charge in [0.25, 0.3) is 0 Å². The monoisotopic (exact) mass is 850 g/mol. The molecule has 7 aromatic rings. The number of hydrogen-bond donors (Lipinski definition) is 0. The van der Waals surface area contributed by atoms with Crippen LogP contribution in [-0.4, -0.2) is 31.0 Å². The summed E-state index contributed by atoms with van der Waals surface area (Å²) in [5.41, 5.74) is 13.0. The van der Waals surface area contributed by atoms with Gasteiger partial charge in [-0.25, -0.2) is 0 Å². The second kappa shape index (κ2) is 21.7. The summed E-state index contributed by atoms with van der Waals surface area (Å²) >= 11 is 0. The van der Waals surface area contributed by atoms with Gasteiger partial charge in [0.1, 0.15) is 42.9 Å². The minimum atomic E-state index is -0.612. The van der Waals surface area contributed by atoms with Gasteiger partial charge >= 0.3 is 0 Å². The summed E-state index contributed by atoms with van der Waals surface area (Å²) in [4.78, 5) is 0. The summed E-state index contributed by atoms with van der Waals surface area (Å²) in [5, 5.41) is 0. The molecule has 7 aromatic carbocycles. The summed E-state index contributed by atoms with van der Waals surface area (Å²) in [6, 6.07) is 63.1. The van der Waals surface area contributed by atoms with Crippen molar-refractivity contribution in [3.05, 3.63) is 243 Å². The first-order valence-electron chi connectivity index (χ1n) is 22.8. The molecular weight excluding hydrogens is 793 g/mol. The van der Waals surface area contributed by atoms with Gasteiger partial charge in [0.15, 0.2) is 0 Å². The lowest BCUT2D eigenvalue weighted by atomic mass is 9.84. The topological polar surface area (TPSA) is 55.4 Å². The number of ether oxygens (including phenoxy) is 6. The maximum absolute atomic E-state index is 7.48. The highest BCUT2D eigenvalue weighted by Crippen LogP contribution is 2.43. The van der Waals surface area contributed by atoms with Crippen molar-refractivity contribution in [2.45, 2.75) is 96.2 Å². The third kappa shape index (κ3) is 11.1. The van der Waals surface area contributed by atoms with Gasteiger partial charge in [0.2, 0.25) is 0 Å². The van der Waals surface area contributed by atoms with Crippen LogP contribution in [0.25, 0.3) is 0 Å². The summed E-state index contributed by atoms with van der Waals surface area (Å²) in [5.74, 6) is 0.773. The lowest BCUT2D eigenvalue weighted by Gasteiger charge is -2.46. The Bertz CT molecular complexity index is 2500. The van der Waals surface area contributed by atoms with Gasteiger partial charge in [-0.05, 0) is 93.5 Å². The zero-order valence-electron chi connectivity index (χ0n) is 36.7. The van der Waals surface area contributed by atoms with Crippen LogP contribution in [0.15, 0.2) is 182 Å². The van der Waals surface area contributed by atoms with E-state index in [0.717, 1.165) is 64.8 Å². The van der Waals surface area contributed by atoms with E-state index in [1.54, 1.807) is 0 Å². The van der Waals surface area contributed by atoms with E-state index >= 15 is 0 Å². The Morgan fingerprint density at radius 2 is 0.953 bits per heavy atom. The molecule has 0 spiro atoms. The third-order valence-corrected chi connectivity index (χ3v) is 12.5. The van der Waals surface area contributed by atoms with Crippen LogP contribution >= 0.6 is 0 Å². The van der Waals surface area contributed by atoms with E-state index in [9.17, 15) is 0 Å². The molecule has 0 saturated carbocycles. The lowest BCUT2D eigenvalue weighted by molar-refractivity contribution is -0.275. The zero-order valence-corrected chi connectivity index (χ0v) is 36.7. The Labute approximate surface area is 378 Å². The second-order valence-corrected chi connectivity index (χ2v) is 16.9. The molecule has 64 heavy (non-hydrogen) atoms. The van der Waals surface area contributed by atoms with E-state index in [2.05, 4.69) is 110 Å². The van der Waals surface area contributed by atoms with Gasteiger partial charge in [-0.2, -0.15) is 0 Å². The minimum absolute atomic E-state index is 0.274. The van der Waals surface area contributed by atoms with Crippen molar-refractivity contribution in [2.24, 2.45) is 0 Å². The molecule has 1 heterocycles. The molecule has 9 rings (SSSR count). The molecule has 0 amide bonds. The van der Waals surface area contributed by atoms with Crippen LogP contribution in [0.4, 0.5) is 0 Å². The number of aryl methyl sites for hydroxylation is 3. The van der Waals surface area contributed by atoms with Crippen LogP contribution in [0.2, 0.25) is 0 Å². The summed E-state index contributed by atoms with van der Waals surface area (Å²) in [6.07, 6.45) is 1.09. The molecule has 1 aliphatic heterocycles. The van der Waals surface area contributed by atoms with Crippen molar-refractivity contribution < 1.29 is 28.4 Å². The van der Waals surface area contributed by atoms with Gasteiger partial charge in [-0.3, -0.25) is 0 Å². The molecule has 0 radical (unpaired) electrons. The van der Waals surface area contributed by atoms with E-state index in [0.29, 0.717) is 33.0 Å². The fraction of sp³-hybridized carbons (Fsp3) is 0.276. The first kappa shape index (κ1) is 43.4. The Hall–Kier alpha value is -5.86. The van der Waals surface area contributed by atoms with Crippen LogP contribution in [0.5, 0.6) is 5.75 Å². The van der Waals surface area contributed by atoms with E-state index in [-0.39, 0.29) is 6.61 Å². The highest BCUT2D eigenvalue weighted by atomic mass is 16.6. The number of benzene rings is 7. The van der Waals surface area contributed by atoms with Crippen molar-refractivity contribution in [1.82, 2.24) is 0 Å². The molecule has 0 unspecified atom stereocenters. The first-order chi connectivity index (χ1) is 31.7. The SMILES string of the molecule is CCc1cc(OCc2ccccc2)c([C@@H]2O[C@H](COCc3ccccc3)[C@@H](OCc3ccccc3)[C@H](OCc3ccccc3)[C@H]2OCc2ccccc2)cc1Cc1ccc2c(c1)CC2. The van der Waals surface area contributed by atoms with Gasteiger partial charge in [0, 0.05) is 5.56 Å². The smallest absolute Gasteiger partial charge is 0.126 e. The summed E-state index contributed by atoms with van der Waals surface area (Å²) < 4.78 is 42.3. The Balaban J connectivity index is 1.15. The Kier molecular flexibility index (Phi) is 14.7. The van der Waals surface area contributed by atoms with Crippen molar-refractivity contribution in [3.8, 4) is 5.75 Å². The normalized spacial score (nSPS) is 19.1. The number of fused-ring (bicyclic) bond motifs is 1. The summed E-state index contributed by atoms with van der Waals surface area (Å²) in [7, 11) is 0. The van der Waals surface area contributed by atoms with Gasteiger partial charge in [-0.15, -0.1) is 0 Å². The molecule has 1 aliphatic carbocycles. The standard InChI is InChI=1S/C58H58O6/c1-2-48-35-53(60-37-43-20-10-4-11-21-43)52(34-51(48)33-47-28-29-49-30-31-50(49)32-47)55-57(62-39-45-24-14-6-15-25-45)58(63-40-46-26-16-7-17-27-46)56(61-38-44-22-12-5-13-23-44)54(64-55)41-59-36-42-18-8-3-9-19-42/h3-29,32,34-35,54-58H,2,30-31,33,36-41H2,1H3/t54-,55+,56-,57+,58+/m1/s1. The molecule has 6 heteroatoms. The molecule has 326 valence electrons. The Morgan fingerprint density at radius 3 is 1.47 bits per heavy atom. The average molecular weight is 851 g/mol. The molecule has 2 aliphatic rings. The molecule has 0 aromatic heterocycles. The van der Waals surface area contributed by atoms with Crippen molar-refractivity contribution >= 4 is 0 Å². The van der Waals surface area contributed by atoms with E-state index in [4.69, 9.17) is 28.4 Å². The first-order valence-corrected chi connectivity index (χ1v) is 22.8. The molecular formula is C58H58O6. The third-order valence-electron chi connectivity index (χ3n) is 12.5. The average Bonchev–Trinajstić information content (AvgIpc) is 3.34. The molecule has 0 N–H and O–H groups in total. The van der Waals surface area contributed by atoms with Crippen molar-refractivity contribution in [1.29, 1.82) is 0 Å². The number of hydrogen-bond acceptors (Lipinski definition) is 6. The van der Waals surface area contributed by atoms with Crippen molar-refractivity contribution in [2.75, 3.05) is 6.61 Å². The van der Waals surface area contributed by atoms with E-state index < -0.39 is 30.5 Å². The minimum Gasteiger partial charge on any atom is -0.489 e. The lowest BCUT2D eigenvalue weighted by Crippen LogP contribution is -2.58. The van der Waals surface area contributed by atoms with Crippen LogP contribution in [-0.2, 0) is 82.4 Å². The van der Waals surface area contributed by atoms with Crippen LogP contribution < -0.4 is 4.74 Å². The molecule has 5 atom stereocenters. The zero-order chi connectivity index (χ0) is 43.3. The van der Waals surface area contributed by atoms with Crippen LogP contribution in [0.3, 0.4) is 0 Å². The Morgan fingerprint density at radius 1 is 0.453 bits per heavy atom. The van der Waals surface area contributed by atoms with Crippen LogP contribution in [0.1, 0.15) is 74.2 Å². The second-order valence-electron chi connectivity index (χ2n) is 16.9. The van der Waals surface area contributed by atoms with Gasteiger partial charge in [0.05, 0.1) is 33.0 Å². The van der Waals surface area contributed by atoms with Crippen LogP contribution in [0, 0.1) is 0 Å². The molecule has 1 fully saturated rings. The quantitative estimate of drug-likeness (QED) is 0.0761. The maximum atomic E-state index is 7.48. The van der Waals surface area contributed by atoms with E-state index in [1.165, 1.54) is 27.8 Å². The number of rotatable bonds is 20. The predicted octanol–water partition coefficient (Wildman–Crippen LogP) is 11.9. The highest BCUT2D eigenvalue weighted by molar-refractivity contribution is 5.48. The fourth-order valence-corrected chi connectivity index (χ4v) is 8.88. The maximum Gasteiger partial charge on any atom is 0.126 e. The molecule has 0 bridgehead atoms. The predicted molar refractivity (Wildman–Crippen MR) is 252 cm³/mol.